The van der Waals surface area contributed by atoms with Gasteiger partial charge >= 0.3 is 0 Å². The maximum atomic E-state index is 11.2. The van der Waals surface area contributed by atoms with Crippen molar-refractivity contribution in [1.82, 2.24) is 9.80 Å². The Morgan fingerprint density at radius 1 is 1.33 bits per heavy atom. The highest BCUT2D eigenvalue weighted by Gasteiger charge is 2.33. The van der Waals surface area contributed by atoms with E-state index in [0.29, 0.717) is 0 Å². The van der Waals surface area contributed by atoms with Crippen molar-refractivity contribution >= 4 is 5.91 Å². The van der Waals surface area contributed by atoms with Crippen LogP contribution in [0.4, 0.5) is 0 Å². The highest BCUT2D eigenvalue weighted by molar-refractivity contribution is 5.79. The molecule has 0 radical (unpaired) electrons. The van der Waals surface area contributed by atoms with Crippen molar-refractivity contribution in [3.63, 3.8) is 0 Å². The standard InChI is InChI=1S/C11H21N3O/c1-2-10(11(12)15)14-7-5-13(6-8-14)9-3-4-9/h9-10H,2-8H2,1H3,(H2,12,15). The molecule has 0 aromatic rings. The maximum Gasteiger partial charge on any atom is 0.234 e. The van der Waals surface area contributed by atoms with Crippen molar-refractivity contribution in [2.75, 3.05) is 26.2 Å². The van der Waals surface area contributed by atoms with E-state index in [2.05, 4.69) is 9.80 Å². The zero-order valence-electron chi connectivity index (χ0n) is 9.48. The van der Waals surface area contributed by atoms with E-state index >= 15 is 0 Å². The zero-order valence-corrected chi connectivity index (χ0v) is 9.48. The molecular formula is C11H21N3O. The van der Waals surface area contributed by atoms with Gasteiger partial charge in [-0.05, 0) is 19.3 Å². The van der Waals surface area contributed by atoms with E-state index in [1.807, 2.05) is 6.92 Å². The average Bonchev–Trinajstić information content (AvgIpc) is 3.03. The molecule has 0 aromatic heterocycles. The zero-order chi connectivity index (χ0) is 10.8. The molecule has 0 spiro atoms. The van der Waals surface area contributed by atoms with Gasteiger partial charge in [-0.15, -0.1) is 0 Å². The molecule has 1 unspecified atom stereocenters. The number of primary amides is 1. The van der Waals surface area contributed by atoms with E-state index in [4.69, 9.17) is 5.73 Å². The second-order valence-corrected chi connectivity index (χ2v) is 4.63. The van der Waals surface area contributed by atoms with Gasteiger partial charge in [0.25, 0.3) is 0 Å². The largest absolute Gasteiger partial charge is 0.368 e. The van der Waals surface area contributed by atoms with Crippen LogP contribution in [0.5, 0.6) is 0 Å². The minimum atomic E-state index is -0.169. The van der Waals surface area contributed by atoms with Gasteiger partial charge in [0.05, 0.1) is 6.04 Å². The third kappa shape index (κ3) is 2.49. The summed E-state index contributed by atoms with van der Waals surface area (Å²) in [6, 6.07) is 0.798. The molecule has 0 bridgehead atoms. The van der Waals surface area contributed by atoms with Gasteiger partial charge in [0.1, 0.15) is 0 Å². The molecule has 1 atom stereocenters. The molecule has 1 heterocycles. The fraction of sp³-hybridized carbons (Fsp3) is 0.909. The van der Waals surface area contributed by atoms with E-state index in [-0.39, 0.29) is 11.9 Å². The Hall–Kier alpha value is -0.610. The molecule has 1 aliphatic carbocycles. The first-order valence-corrected chi connectivity index (χ1v) is 5.99. The van der Waals surface area contributed by atoms with Crippen LogP contribution in [0.3, 0.4) is 0 Å². The molecule has 1 saturated carbocycles. The summed E-state index contributed by atoms with van der Waals surface area (Å²) >= 11 is 0. The summed E-state index contributed by atoms with van der Waals surface area (Å²) in [6.45, 7) is 6.24. The number of nitrogens with two attached hydrogens (primary N) is 1. The van der Waals surface area contributed by atoms with E-state index in [1.165, 1.54) is 12.8 Å². The van der Waals surface area contributed by atoms with E-state index in [9.17, 15) is 4.79 Å². The number of amides is 1. The molecule has 1 saturated heterocycles. The number of hydrogen-bond acceptors (Lipinski definition) is 3. The van der Waals surface area contributed by atoms with Gasteiger partial charge in [0, 0.05) is 32.2 Å². The molecule has 2 rings (SSSR count). The molecule has 0 aromatic carbocycles. The average molecular weight is 211 g/mol. The summed E-state index contributed by atoms with van der Waals surface area (Å²) < 4.78 is 0. The fourth-order valence-electron chi connectivity index (χ4n) is 2.49. The highest BCUT2D eigenvalue weighted by Crippen LogP contribution is 2.27. The van der Waals surface area contributed by atoms with E-state index in [0.717, 1.165) is 38.6 Å². The van der Waals surface area contributed by atoms with Crippen molar-refractivity contribution in [1.29, 1.82) is 0 Å². The molecule has 2 aliphatic rings. The number of hydrogen-bond donors (Lipinski definition) is 1. The molecule has 2 fully saturated rings. The van der Waals surface area contributed by atoms with Crippen molar-refractivity contribution in [2.24, 2.45) is 5.73 Å². The minimum absolute atomic E-state index is 0.0497. The second-order valence-electron chi connectivity index (χ2n) is 4.63. The Morgan fingerprint density at radius 2 is 1.93 bits per heavy atom. The van der Waals surface area contributed by atoms with Crippen molar-refractivity contribution in [2.45, 2.75) is 38.3 Å². The van der Waals surface area contributed by atoms with Crippen LogP contribution in [-0.4, -0.2) is 54.0 Å². The summed E-state index contributed by atoms with van der Waals surface area (Å²) in [5, 5.41) is 0. The Kier molecular flexibility index (Phi) is 3.26. The maximum absolute atomic E-state index is 11.2. The van der Waals surface area contributed by atoms with Crippen LogP contribution in [-0.2, 0) is 4.79 Å². The first-order chi connectivity index (χ1) is 7.22. The Bertz CT molecular complexity index is 232. The monoisotopic (exact) mass is 211 g/mol. The third-order valence-corrected chi connectivity index (χ3v) is 3.57. The SMILES string of the molecule is CCC(C(N)=O)N1CCN(C2CC2)CC1. The van der Waals surface area contributed by atoms with Gasteiger partial charge in [-0.3, -0.25) is 14.6 Å². The van der Waals surface area contributed by atoms with Gasteiger partial charge in [0.2, 0.25) is 5.91 Å². The summed E-state index contributed by atoms with van der Waals surface area (Å²) in [5.74, 6) is -0.169. The van der Waals surface area contributed by atoms with Crippen molar-refractivity contribution in [3.05, 3.63) is 0 Å². The summed E-state index contributed by atoms with van der Waals surface area (Å²) in [5.41, 5.74) is 5.39. The van der Waals surface area contributed by atoms with Gasteiger partial charge < -0.3 is 5.73 Å². The lowest BCUT2D eigenvalue weighted by atomic mass is 10.1. The van der Waals surface area contributed by atoms with E-state index in [1.54, 1.807) is 0 Å². The topological polar surface area (TPSA) is 49.6 Å². The molecule has 4 nitrogen and oxygen atoms in total. The summed E-state index contributed by atoms with van der Waals surface area (Å²) in [6.07, 6.45) is 3.57. The number of nitrogens with zero attached hydrogens (tertiary/aromatic N) is 2. The summed E-state index contributed by atoms with van der Waals surface area (Å²) in [4.78, 5) is 16.0. The van der Waals surface area contributed by atoms with Gasteiger partial charge in [-0.25, -0.2) is 0 Å². The fourth-order valence-corrected chi connectivity index (χ4v) is 2.49. The molecule has 1 aliphatic heterocycles. The van der Waals surface area contributed by atoms with Crippen LogP contribution in [0.25, 0.3) is 0 Å². The smallest absolute Gasteiger partial charge is 0.234 e. The lowest BCUT2D eigenvalue weighted by Gasteiger charge is -2.37. The van der Waals surface area contributed by atoms with Crippen molar-refractivity contribution < 1.29 is 4.79 Å². The molecular weight excluding hydrogens is 190 g/mol. The predicted molar refractivity (Wildman–Crippen MR) is 59.4 cm³/mol. The van der Waals surface area contributed by atoms with Gasteiger partial charge in [-0.1, -0.05) is 6.92 Å². The number of rotatable bonds is 4. The lowest BCUT2D eigenvalue weighted by Crippen LogP contribution is -2.54. The van der Waals surface area contributed by atoms with Crippen LogP contribution in [0.2, 0.25) is 0 Å². The quantitative estimate of drug-likeness (QED) is 0.714. The normalized spacial score (nSPS) is 26.5. The van der Waals surface area contributed by atoms with Crippen molar-refractivity contribution in [3.8, 4) is 0 Å². The van der Waals surface area contributed by atoms with Crippen LogP contribution < -0.4 is 5.73 Å². The molecule has 15 heavy (non-hydrogen) atoms. The first-order valence-electron chi connectivity index (χ1n) is 5.99. The predicted octanol–water partition coefficient (Wildman–Crippen LogP) is 0.0303. The number of carbonyl (C=O) groups is 1. The third-order valence-electron chi connectivity index (χ3n) is 3.57. The van der Waals surface area contributed by atoms with E-state index < -0.39 is 0 Å². The van der Waals surface area contributed by atoms with Crippen LogP contribution >= 0.6 is 0 Å². The Balaban J connectivity index is 1.83. The molecule has 86 valence electrons. The number of carbonyl (C=O) groups excluding carboxylic acids is 1. The number of piperazine rings is 1. The first kappa shape index (κ1) is 10.9. The van der Waals surface area contributed by atoms with Crippen LogP contribution in [0.15, 0.2) is 0 Å². The Morgan fingerprint density at radius 3 is 2.33 bits per heavy atom. The molecule has 4 heteroatoms. The lowest BCUT2D eigenvalue weighted by molar-refractivity contribution is -0.124. The molecule has 2 N–H and O–H groups in total. The Labute approximate surface area is 91.4 Å². The summed E-state index contributed by atoms with van der Waals surface area (Å²) in [7, 11) is 0. The molecule has 1 amide bonds. The van der Waals surface area contributed by atoms with Crippen LogP contribution in [0, 0.1) is 0 Å². The van der Waals surface area contributed by atoms with Gasteiger partial charge in [0.15, 0.2) is 0 Å². The van der Waals surface area contributed by atoms with Gasteiger partial charge in [-0.2, -0.15) is 0 Å². The highest BCUT2D eigenvalue weighted by atomic mass is 16.1. The van der Waals surface area contributed by atoms with Crippen LogP contribution in [0.1, 0.15) is 26.2 Å². The minimum Gasteiger partial charge on any atom is -0.368 e. The second kappa shape index (κ2) is 4.49.